The Labute approximate surface area is 102 Å². The van der Waals surface area contributed by atoms with E-state index in [1.54, 1.807) is 17.0 Å². The number of hydrogen-bond acceptors (Lipinski definition) is 4. The van der Waals surface area contributed by atoms with Crippen molar-refractivity contribution in [2.75, 3.05) is 11.9 Å². The molecule has 0 aliphatic heterocycles. The van der Waals surface area contributed by atoms with Crippen molar-refractivity contribution in [1.82, 2.24) is 9.55 Å². The summed E-state index contributed by atoms with van der Waals surface area (Å²) in [6.45, 7) is 6.66. The van der Waals surface area contributed by atoms with E-state index in [-0.39, 0.29) is 24.1 Å². The van der Waals surface area contributed by atoms with Crippen molar-refractivity contribution in [2.24, 2.45) is 5.92 Å². The third kappa shape index (κ3) is 3.56. The minimum atomic E-state index is -0.146. The van der Waals surface area contributed by atoms with Gasteiger partial charge in [0, 0.05) is 18.9 Å². The van der Waals surface area contributed by atoms with Gasteiger partial charge in [-0.2, -0.15) is 0 Å². The summed E-state index contributed by atoms with van der Waals surface area (Å²) < 4.78 is 1.63. The molecule has 0 spiro atoms. The standard InChI is InChI=1S/C12H21N3O2/c1-4-6-15-7-5-13-11(12(15)17)14-10(8-16)9(2)3/h5,7,9-10,16H,4,6,8H2,1-3H3,(H,13,14)/t10-/m1/s1. The quantitative estimate of drug-likeness (QED) is 0.779. The smallest absolute Gasteiger partial charge is 0.293 e. The number of nitrogens with one attached hydrogen (secondary N) is 1. The number of rotatable bonds is 6. The summed E-state index contributed by atoms with van der Waals surface area (Å²) in [5.74, 6) is 0.551. The minimum absolute atomic E-state index is 0.0124. The fourth-order valence-electron chi connectivity index (χ4n) is 1.56. The van der Waals surface area contributed by atoms with Crippen LogP contribution in [0.15, 0.2) is 17.2 Å². The molecule has 0 bridgehead atoms. The van der Waals surface area contributed by atoms with Gasteiger partial charge in [0.05, 0.1) is 12.6 Å². The third-order valence-corrected chi connectivity index (χ3v) is 2.70. The van der Waals surface area contributed by atoms with Gasteiger partial charge < -0.3 is 15.0 Å². The second-order valence-corrected chi connectivity index (χ2v) is 4.45. The first-order valence-corrected chi connectivity index (χ1v) is 6.03. The Kier molecular flexibility index (Phi) is 5.15. The number of anilines is 1. The summed E-state index contributed by atoms with van der Waals surface area (Å²) in [5, 5.41) is 12.2. The molecule has 1 atom stereocenters. The van der Waals surface area contributed by atoms with Crippen LogP contribution in [0, 0.1) is 5.92 Å². The average molecular weight is 239 g/mol. The van der Waals surface area contributed by atoms with Gasteiger partial charge >= 0.3 is 0 Å². The number of aromatic nitrogens is 2. The van der Waals surface area contributed by atoms with Crippen molar-refractivity contribution in [2.45, 2.75) is 39.8 Å². The van der Waals surface area contributed by atoms with Crippen LogP contribution in [-0.2, 0) is 6.54 Å². The summed E-state index contributed by atoms with van der Waals surface area (Å²) >= 11 is 0. The van der Waals surface area contributed by atoms with Crippen molar-refractivity contribution in [3.63, 3.8) is 0 Å². The molecule has 1 rings (SSSR count). The SMILES string of the molecule is CCCn1ccnc(N[C@H](CO)C(C)C)c1=O. The molecule has 0 radical (unpaired) electrons. The monoisotopic (exact) mass is 239 g/mol. The number of aliphatic hydroxyl groups excluding tert-OH is 1. The zero-order valence-electron chi connectivity index (χ0n) is 10.7. The predicted molar refractivity (Wildman–Crippen MR) is 68.1 cm³/mol. The topological polar surface area (TPSA) is 67.2 Å². The van der Waals surface area contributed by atoms with Gasteiger partial charge in [0.1, 0.15) is 0 Å². The summed E-state index contributed by atoms with van der Waals surface area (Å²) in [6.07, 6.45) is 4.19. The molecule has 1 aromatic heterocycles. The average Bonchev–Trinajstić information content (AvgIpc) is 2.30. The maximum absolute atomic E-state index is 12.0. The molecule has 0 amide bonds. The fourth-order valence-corrected chi connectivity index (χ4v) is 1.56. The van der Waals surface area contributed by atoms with E-state index in [4.69, 9.17) is 0 Å². The highest BCUT2D eigenvalue weighted by atomic mass is 16.3. The maximum atomic E-state index is 12.0. The molecule has 1 aromatic rings. The number of aliphatic hydroxyl groups is 1. The van der Waals surface area contributed by atoms with E-state index in [1.807, 2.05) is 20.8 Å². The molecule has 0 aliphatic carbocycles. The molecule has 96 valence electrons. The molecular formula is C12H21N3O2. The second-order valence-electron chi connectivity index (χ2n) is 4.45. The Morgan fingerprint density at radius 2 is 2.24 bits per heavy atom. The van der Waals surface area contributed by atoms with Gasteiger partial charge in [-0.15, -0.1) is 0 Å². The molecule has 0 aliphatic rings. The highest BCUT2D eigenvalue weighted by molar-refractivity contribution is 5.32. The molecule has 5 heteroatoms. The highest BCUT2D eigenvalue weighted by Crippen LogP contribution is 2.06. The second kappa shape index (κ2) is 6.39. The fraction of sp³-hybridized carbons (Fsp3) is 0.667. The van der Waals surface area contributed by atoms with Gasteiger partial charge in [-0.05, 0) is 12.3 Å². The van der Waals surface area contributed by atoms with Gasteiger partial charge in [0.25, 0.3) is 5.56 Å². The Hall–Kier alpha value is -1.36. The van der Waals surface area contributed by atoms with Gasteiger partial charge in [0.15, 0.2) is 5.82 Å². The number of nitrogens with zero attached hydrogens (tertiary/aromatic N) is 2. The lowest BCUT2D eigenvalue weighted by Gasteiger charge is -2.20. The van der Waals surface area contributed by atoms with Crippen molar-refractivity contribution in [3.8, 4) is 0 Å². The van der Waals surface area contributed by atoms with Crippen LogP contribution in [0.25, 0.3) is 0 Å². The number of aryl methyl sites for hydroxylation is 1. The molecule has 0 saturated carbocycles. The molecule has 0 aromatic carbocycles. The van der Waals surface area contributed by atoms with Crippen LogP contribution in [0.2, 0.25) is 0 Å². The Bertz CT molecular complexity index is 401. The van der Waals surface area contributed by atoms with Gasteiger partial charge in [-0.25, -0.2) is 4.98 Å². The van der Waals surface area contributed by atoms with Gasteiger partial charge in [0.2, 0.25) is 0 Å². The maximum Gasteiger partial charge on any atom is 0.293 e. The van der Waals surface area contributed by atoms with Crippen molar-refractivity contribution in [1.29, 1.82) is 0 Å². The predicted octanol–water partition coefficient (Wildman–Crippen LogP) is 1.08. The highest BCUT2D eigenvalue weighted by Gasteiger charge is 2.14. The summed E-state index contributed by atoms with van der Waals surface area (Å²) in [4.78, 5) is 16.0. The van der Waals surface area contributed by atoms with Crippen molar-refractivity contribution < 1.29 is 5.11 Å². The van der Waals surface area contributed by atoms with Crippen LogP contribution in [0.1, 0.15) is 27.2 Å². The number of hydrogen-bond donors (Lipinski definition) is 2. The minimum Gasteiger partial charge on any atom is -0.394 e. The van der Waals surface area contributed by atoms with Crippen LogP contribution in [0.4, 0.5) is 5.82 Å². The molecule has 0 unspecified atom stereocenters. The van der Waals surface area contributed by atoms with Crippen LogP contribution in [0.3, 0.4) is 0 Å². The van der Waals surface area contributed by atoms with E-state index >= 15 is 0 Å². The first kappa shape index (κ1) is 13.7. The normalized spacial score (nSPS) is 12.8. The zero-order chi connectivity index (χ0) is 12.8. The van der Waals surface area contributed by atoms with E-state index in [0.29, 0.717) is 12.4 Å². The van der Waals surface area contributed by atoms with Crippen molar-refractivity contribution in [3.05, 3.63) is 22.7 Å². The lowest BCUT2D eigenvalue weighted by Crippen LogP contribution is -2.34. The van der Waals surface area contributed by atoms with Gasteiger partial charge in [-0.3, -0.25) is 4.79 Å². The lowest BCUT2D eigenvalue weighted by molar-refractivity contribution is 0.249. The van der Waals surface area contributed by atoms with E-state index in [0.717, 1.165) is 6.42 Å². The van der Waals surface area contributed by atoms with E-state index < -0.39 is 0 Å². The Morgan fingerprint density at radius 1 is 1.53 bits per heavy atom. The molecule has 2 N–H and O–H groups in total. The zero-order valence-corrected chi connectivity index (χ0v) is 10.7. The van der Waals surface area contributed by atoms with E-state index in [9.17, 15) is 9.90 Å². The summed E-state index contributed by atoms with van der Waals surface area (Å²) in [5.41, 5.74) is -0.131. The largest absolute Gasteiger partial charge is 0.394 e. The van der Waals surface area contributed by atoms with E-state index in [1.165, 1.54) is 0 Å². The molecule has 17 heavy (non-hydrogen) atoms. The molecule has 0 fully saturated rings. The summed E-state index contributed by atoms with van der Waals surface area (Å²) in [6, 6.07) is -0.146. The lowest BCUT2D eigenvalue weighted by atomic mass is 10.1. The molecular weight excluding hydrogens is 218 g/mol. The Morgan fingerprint density at radius 3 is 2.76 bits per heavy atom. The van der Waals surface area contributed by atoms with Gasteiger partial charge in [-0.1, -0.05) is 20.8 Å². The van der Waals surface area contributed by atoms with Crippen LogP contribution in [-0.4, -0.2) is 27.3 Å². The van der Waals surface area contributed by atoms with E-state index in [2.05, 4.69) is 10.3 Å². The first-order chi connectivity index (χ1) is 8.10. The van der Waals surface area contributed by atoms with Crippen LogP contribution in [0.5, 0.6) is 0 Å². The Balaban J connectivity index is 2.91. The molecule has 0 saturated heterocycles. The third-order valence-electron chi connectivity index (χ3n) is 2.70. The molecule has 1 heterocycles. The molecule has 5 nitrogen and oxygen atoms in total. The van der Waals surface area contributed by atoms with Crippen LogP contribution < -0.4 is 10.9 Å². The summed E-state index contributed by atoms with van der Waals surface area (Å²) in [7, 11) is 0. The first-order valence-electron chi connectivity index (χ1n) is 6.03. The van der Waals surface area contributed by atoms with Crippen molar-refractivity contribution >= 4 is 5.82 Å². The van der Waals surface area contributed by atoms with Crippen LogP contribution >= 0.6 is 0 Å².